The zero-order valence-corrected chi connectivity index (χ0v) is 13.8. The van der Waals surface area contributed by atoms with E-state index in [1.165, 1.54) is 0 Å². The number of benzene rings is 3. The molecule has 0 saturated carbocycles. The molecule has 0 fully saturated rings. The van der Waals surface area contributed by atoms with Crippen molar-refractivity contribution in [2.45, 2.75) is 0 Å². The smallest absolute Gasteiger partial charge is 0.335 e. The fourth-order valence-electron chi connectivity index (χ4n) is 1.67. The van der Waals surface area contributed by atoms with Crippen molar-refractivity contribution in [1.82, 2.24) is 0 Å². The summed E-state index contributed by atoms with van der Waals surface area (Å²) in [5.41, 5.74) is 1.38. The van der Waals surface area contributed by atoms with Gasteiger partial charge in [-0.2, -0.15) is 5.26 Å². The zero-order chi connectivity index (χ0) is 19.2. The second kappa shape index (κ2) is 11.6. The van der Waals surface area contributed by atoms with Gasteiger partial charge < -0.3 is 10.2 Å². The third-order valence-electron chi connectivity index (χ3n) is 2.94. The molecular weight excluding hydrogens is 330 g/mol. The van der Waals surface area contributed by atoms with Crippen molar-refractivity contribution in [3.8, 4) is 6.07 Å². The Balaban J connectivity index is 0.000000195. The fraction of sp³-hybridized carbons (Fsp3) is 0. The molecule has 3 aromatic rings. The molecule has 5 heteroatoms. The third-order valence-corrected chi connectivity index (χ3v) is 2.94. The van der Waals surface area contributed by atoms with Crippen LogP contribution >= 0.6 is 0 Å². The Hall–Kier alpha value is -3.91. The van der Waals surface area contributed by atoms with Gasteiger partial charge in [-0.05, 0) is 36.4 Å². The van der Waals surface area contributed by atoms with Crippen LogP contribution in [0.1, 0.15) is 26.3 Å². The van der Waals surface area contributed by atoms with Crippen LogP contribution in [0.3, 0.4) is 0 Å². The number of aromatic carboxylic acids is 2. The molecule has 130 valence electrons. The quantitative estimate of drug-likeness (QED) is 0.719. The first-order valence-corrected chi connectivity index (χ1v) is 7.56. The van der Waals surface area contributed by atoms with Gasteiger partial charge in [0.25, 0.3) is 0 Å². The number of hydrogen-bond donors (Lipinski definition) is 2. The number of carbonyl (C=O) groups is 2. The van der Waals surface area contributed by atoms with Gasteiger partial charge in [-0.15, -0.1) is 0 Å². The molecule has 0 bridgehead atoms. The van der Waals surface area contributed by atoms with Gasteiger partial charge in [-0.25, -0.2) is 9.59 Å². The second-order valence-electron chi connectivity index (χ2n) is 4.82. The molecule has 0 aliphatic carbocycles. The summed E-state index contributed by atoms with van der Waals surface area (Å²) in [5.74, 6) is -1.76. The van der Waals surface area contributed by atoms with Crippen LogP contribution in [0.15, 0.2) is 91.0 Å². The molecule has 5 nitrogen and oxygen atoms in total. The third kappa shape index (κ3) is 8.09. The van der Waals surface area contributed by atoms with Gasteiger partial charge in [0.1, 0.15) is 0 Å². The van der Waals surface area contributed by atoms with Gasteiger partial charge in [0, 0.05) is 0 Å². The summed E-state index contributed by atoms with van der Waals surface area (Å²) >= 11 is 0. The molecule has 0 spiro atoms. The minimum absolute atomic E-state index is 0.331. The van der Waals surface area contributed by atoms with E-state index in [0.29, 0.717) is 16.7 Å². The van der Waals surface area contributed by atoms with E-state index in [4.69, 9.17) is 15.5 Å². The molecule has 0 radical (unpaired) electrons. The Bertz CT molecular complexity index is 792. The standard InChI is InChI=1S/C7H5N.2C7H6O2/c8-6-7-4-2-1-3-5-7;2*8-7(9)6-4-2-1-3-5-6/h1-5H;2*1-5H,(H,8,9). The summed E-state index contributed by atoms with van der Waals surface area (Å²) in [5, 5.41) is 25.1. The molecule has 0 amide bonds. The van der Waals surface area contributed by atoms with Gasteiger partial charge in [0.2, 0.25) is 0 Å². The lowest BCUT2D eigenvalue weighted by Gasteiger charge is -1.88. The monoisotopic (exact) mass is 347 g/mol. The second-order valence-corrected chi connectivity index (χ2v) is 4.82. The topological polar surface area (TPSA) is 98.4 Å². The summed E-state index contributed by atoms with van der Waals surface area (Å²) in [7, 11) is 0. The largest absolute Gasteiger partial charge is 0.478 e. The average Bonchev–Trinajstić information content (AvgIpc) is 2.71. The van der Waals surface area contributed by atoms with Gasteiger partial charge in [0.15, 0.2) is 0 Å². The highest BCUT2D eigenvalue weighted by Gasteiger charge is 1.97. The normalized spacial score (nSPS) is 8.58. The van der Waals surface area contributed by atoms with Crippen LogP contribution in [0.2, 0.25) is 0 Å². The van der Waals surface area contributed by atoms with Crippen molar-refractivity contribution in [3.63, 3.8) is 0 Å². The van der Waals surface area contributed by atoms with E-state index in [-0.39, 0.29) is 0 Å². The molecule has 0 aromatic heterocycles. The molecule has 0 aliphatic heterocycles. The highest BCUT2D eigenvalue weighted by atomic mass is 16.4. The first-order valence-electron chi connectivity index (χ1n) is 7.56. The Morgan fingerprint density at radius 2 is 0.923 bits per heavy atom. The van der Waals surface area contributed by atoms with E-state index >= 15 is 0 Å². The Morgan fingerprint density at radius 1 is 0.615 bits per heavy atom. The number of nitrogens with zero attached hydrogens (tertiary/aromatic N) is 1. The first-order chi connectivity index (χ1) is 12.5. The van der Waals surface area contributed by atoms with Crippen LogP contribution in [0.25, 0.3) is 0 Å². The number of rotatable bonds is 2. The first kappa shape index (κ1) is 20.1. The maximum atomic E-state index is 10.2. The van der Waals surface area contributed by atoms with E-state index in [9.17, 15) is 9.59 Å². The molecule has 0 saturated heterocycles. The van der Waals surface area contributed by atoms with Gasteiger partial charge in [-0.3, -0.25) is 0 Å². The van der Waals surface area contributed by atoms with Gasteiger partial charge >= 0.3 is 11.9 Å². The van der Waals surface area contributed by atoms with Crippen LogP contribution in [0, 0.1) is 11.3 Å². The van der Waals surface area contributed by atoms with E-state index < -0.39 is 11.9 Å². The highest BCUT2D eigenvalue weighted by molar-refractivity contribution is 5.87. The van der Waals surface area contributed by atoms with E-state index in [2.05, 4.69) is 0 Å². The molecule has 0 heterocycles. The molecule has 0 unspecified atom stereocenters. The molecule has 26 heavy (non-hydrogen) atoms. The Morgan fingerprint density at radius 3 is 1.12 bits per heavy atom. The number of carboxylic acid groups (broad SMARTS) is 2. The Labute approximate surface area is 151 Å². The summed E-state index contributed by atoms with van der Waals surface area (Å²) in [6, 6.07) is 27.8. The number of nitriles is 1. The highest BCUT2D eigenvalue weighted by Crippen LogP contribution is 1.97. The molecule has 3 rings (SSSR count). The molecule has 2 N–H and O–H groups in total. The summed E-state index contributed by atoms with van der Waals surface area (Å²) < 4.78 is 0. The molecule has 0 atom stereocenters. The Kier molecular flexibility index (Phi) is 8.98. The minimum atomic E-state index is -0.879. The summed E-state index contributed by atoms with van der Waals surface area (Å²) in [4.78, 5) is 20.4. The van der Waals surface area contributed by atoms with Crippen molar-refractivity contribution >= 4 is 11.9 Å². The lowest BCUT2D eigenvalue weighted by atomic mass is 10.2. The predicted molar refractivity (Wildman–Crippen MR) is 98.0 cm³/mol. The summed E-state index contributed by atoms with van der Waals surface area (Å²) in [6.45, 7) is 0. The van der Waals surface area contributed by atoms with Crippen molar-refractivity contribution in [2.75, 3.05) is 0 Å². The maximum absolute atomic E-state index is 10.2. The molecular formula is C21H17NO4. The summed E-state index contributed by atoms with van der Waals surface area (Å²) in [6.07, 6.45) is 0. The lowest BCUT2D eigenvalue weighted by Crippen LogP contribution is -1.93. The van der Waals surface area contributed by atoms with E-state index in [1.807, 2.05) is 24.3 Å². The van der Waals surface area contributed by atoms with Gasteiger partial charge in [0.05, 0.1) is 22.8 Å². The number of hydrogen-bond acceptors (Lipinski definition) is 3. The van der Waals surface area contributed by atoms with Crippen molar-refractivity contribution in [2.24, 2.45) is 0 Å². The predicted octanol–water partition coefficient (Wildman–Crippen LogP) is 4.33. The lowest BCUT2D eigenvalue weighted by molar-refractivity contribution is 0.0686. The van der Waals surface area contributed by atoms with Crippen LogP contribution in [-0.4, -0.2) is 22.2 Å². The SMILES string of the molecule is N#Cc1ccccc1.O=C(O)c1ccccc1.O=C(O)c1ccccc1. The van der Waals surface area contributed by atoms with Crippen LogP contribution in [0.4, 0.5) is 0 Å². The average molecular weight is 347 g/mol. The fourth-order valence-corrected chi connectivity index (χ4v) is 1.67. The van der Waals surface area contributed by atoms with Gasteiger partial charge in [-0.1, -0.05) is 54.6 Å². The zero-order valence-electron chi connectivity index (χ0n) is 13.8. The van der Waals surface area contributed by atoms with Crippen molar-refractivity contribution in [3.05, 3.63) is 108 Å². The number of carboxylic acids is 2. The van der Waals surface area contributed by atoms with Crippen LogP contribution in [-0.2, 0) is 0 Å². The van der Waals surface area contributed by atoms with Crippen molar-refractivity contribution in [1.29, 1.82) is 5.26 Å². The van der Waals surface area contributed by atoms with E-state index in [0.717, 1.165) is 0 Å². The molecule has 3 aromatic carbocycles. The maximum Gasteiger partial charge on any atom is 0.335 e. The minimum Gasteiger partial charge on any atom is -0.478 e. The van der Waals surface area contributed by atoms with Crippen LogP contribution in [0.5, 0.6) is 0 Å². The van der Waals surface area contributed by atoms with Crippen LogP contribution < -0.4 is 0 Å². The molecule has 0 aliphatic rings. The van der Waals surface area contributed by atoms with Crippen molar-refractivity contribution < 1.29 is 19.8 Å². The van der Waals surface area contributed by atoms with E-state index in [1.54, 1.807) is 72.8 Å².